The van der Waals surface area contributed by atoms with Gasteiger partial charge in [-0.2, -0.15) is 5.10 Å². The minimum atomic E-state index is -0.141. The average Bonchev–Trinajstić information content (AvgIpc) is 3.11. The van der Waals surface area contributed by atoms with Crippen molar-refractivity contribution in [1.82, 2.24) is 5.32 Å². The number of nitrogens with zero attached hydrogens (tertiary/aromatic N) is 2. The van der Waals surface area contributed by atoms with Crippen LogP contribution in [0.4, 0.5) is 0 Å². The Kier molecular flexibility index (Phi) is 4.58. The van der Waals surface area contributed by atoms with E-state index >= 15 is 0 Å². The number of hydrogen-bond donors (Lipinski definition) is 3. The van der Waals surface area contributed by atoms with Crippen LogP contribution in [0.2, 0.25) is 0 Å². The second-order valence-electron chi connectivity index (χ2n) is 7.90. The molecule has 136 valence electrons. The molecule has 1 amide bonds. The molecule has 25 heavy (non-hydrogen) atoms. The molecule has 0 radical (unpaired) electrons. The maximum absolute atomic E-state index is 12.7. The van der Waals surface area contributed by atoms with Crippen molar-refractivity contribution < 1.29 is 9.21 Å². The molecule has 1 heterocycles. The summed E-state index contributed by atoms with van der Waals surface area (Å²) >= 11 is 0. The summed E-state index contributed by atoms with van der Waals surface area (Å²) in [4.78, 5) is 12.7. The summed E-state index contributed by atoms with van der Waals surface area (Å²) in [6, 6.07) is 0.250. The van der Waals surface area contributed by atoms with Gasteiger partial charge in [-0.05, 0) is 31.6 Å². The Hall–Kier alpha value is -2.31. The van der Waals surface area contributed by atoms with Gasteiger partial charge in [0, 0.05) is 23.6 Å². The number of nitrogens with two attached hydrogens (primary N) is 2. The van der Waals surface area contributed by atoms with E-state index in [-0.39, 0.29) is 23.3 Å². The smallest absolute Gasteiger partial charge is 0.287 e. The lowest BCUT2D eigenvalue weighted by Gasteiger charge is -2.29. The Morgan fingerprint density at radius 2 is 1.92 bits per heavy atom. The lowest BCUT2D eigenvalue weighted by molar-refractivity contribution is 0.0906. The average molecular weight is 345 g/mol. The minimum absolute atomic E-state index is 0.0335. The van der Waals surface area contributed by atoms with Gasteiger partial charge in [0.1, 0.15) is 5.76 Å². The van der Waals surface area contributed by atoms with E-state index < -0.39 is 0 Å². The number of fused-ring (bicyclic) bond motifs is 1. The fourth-order valence-corrected chi connectivity index (χ4v) is 3.86. The van der Waals surface area contributed by atoms with Gasteiger partial charge in [-0.25, -0.2) is 0 Å². The van der Waals surface area contributed by atoms with Crippen molar-refractivity contribution in [3.05, 3.63) is 22.6 Å². The second kappa shape index (κ2) is 6.54. The van der Waals surface area contributed by atoms with E-state index in [1.807, 2.05) is 6.92 Å². The fourth-order valence-electron chi connectivity index (χ4n) is 3.86. The predicted octanol–water partition coefficient (Wildman–Crippen LogP) is 2.21. The highest BCUT2D eigenvalue weighted by Gasteiger charge is 2.36. The maximum Gasteiger partial charge on any atom is 0.287 e. The van der Waals surface area contributed by atoms with Crippen LogP contribution in [0.3, 0.4) is 0 Å². The van der Waals surface area contributed by atoms with E-state index in [1.54, 1.807) is 0 Å². The van der Waals surface area contributed by atoms with E-state index in [4.69, 9.17) is 15.9 Å². The van der Waals surface area contributed by atoms with Gasteiger partial charge >= 0.3 is 0 Å². The van der Waals surface area contributed by atoms with Crippen LogP contribution in [0.15, 0.2) is 14.6 Å². The zero-order valence-electron chi connectivity index (χ0n) is 15.2. The zero-order valence-corrected chi connectivity index (χ0v) is 15.2. The van der Waals surface area contributed by atoms with Crippen molar-refractivity contribution in [2.75, 3.05) is 0 Å². The quantitative estimate of drug-likeness (QED) is 0.442. The highest BCUT2D eigenvalue weighted by atomic mass is 16.4. The molecule has 3 rings (SSSR count). The molecule has 1 fully saturated rings. The molecule has 7 nitrogen and oxygen atoms in total. The van der Waals surface area contributed by atoms with Crippen molar-refractivity contribution >= 4 is 17.6 Å². The first-order chi connectivity index (χ1) is 11.8. The van der Waals surface area contributed by atoms with Crippen molar-refractivity contribution in [2.45, 2.75) is 65.3 Å². The normalized spacial score (nSPS) is 21.2. The van der Waals surface area contributed by atoms with Gasteiger partial charge in [0.15, 0.2) is 5.76 Å². The van der Waals surface area contributed by atoms with Crippen molar-refractivity contribution in [1.29, 1.82) is 0 Å². The van der Waals surface area contributed by atoms with Crippen LogP contribution in [0.1, 0.15) is 73.4 Å². The van der Waals surface area contributed by atoms with Gasteiger partial charge in [-0.15, -0.1) is 5.10 Å². The number of furan rings is 1. The summed E-state index contributed by atoms with van der Waals surface area (Å²) in [6.45, 7) is 6.17. The molecule has 0 aromatic carbocycles. The predicted molar refractivity (Wildman–Crippen MR) is 97.6 cm³/mol. The van der Waals surface area contributed by atoms with Crippen LogP contribution >= 0.6 is 0 Å². The third-order valence-corrected chi connectivity index (χ3v) is 4.98. The standard InChI is InChI=1S/C18H27N5O2/c1-10-14-12(22-23-17(19)20)8-18(2,3)9-13(14)25-15(10)16(24)21-11-6-4-5-7-11/h11H,4-9H2,1-3H3,(H,21,24)(H4,19,20,23)/b22-12-. The molecule has 0 saturated heterocycles. The SMILES string of the molecule is Cc1c(C(=O)NC2CCCC2)oc2c1/C(=N\N=C(N)N)CC(C)(C)C2. The number of carbonyl (C=O) groups excluding carboxylic acids is 1. The lowest BCUT2D eigenvalue weighted by atomic mass is 9.75. The molecule has 7 heteroatoms. The van der Waals surface area contributed by atoms with Gasteiger partial charge in [0.25, 0.3) is 5.91 Å². The highest BCUT2D eigenvalue weighted by Crippen LogP contribution is 2.39. The van der Waals surface area contributed by atoms with E-state index in [2.05, 4.69) is 29.4 Å². The van der Waals surface area contributed by atoms with E-state index in [9.17, 15) is 4.79 Å². The molecule has 2 aliphatic rings. The van der Waals surface area contributed by atoms with E-state index in [1.165, 1.54) is 12.8 Å². The molecule has 0 unspecified atom stereocenters. The molecule has 1 aromatic heterocycles. The second-order valence-corrected chi connectivity index (χ2v) is 7.90. The first-order valence-electron chi connectivity index (χ1n) is 8.86. The van der Waals surface area contributed by atoms with Crippen LogP contribution in [0, 0.1) is 12.3 Å². The minimum Gasteiger partial charge on any atom is -0.455 e. The Balaban J connectivity index is 1.95. The number of hydrogen-bond acceptors (Lipinski definition) is 4. The van der Waals surface area contributed by atoms with Crippen molar-refractivity contribution in [3.8, 4) is 0 Å². The summed E-state index contributed by atoms with van der Waals surface area (Å²) in [5.74, 6) is 0.942. The highest BCUT2D eigenvalue weighted by molar-refractivity contribution is 6.07. The first kappa shape index (κ1) is 17.5. The van der Waals surface area contributed by atoms with Crippen LogP contribution in [-0.2, 0) is 6.42 Å². The van der Waals surface area contributed by atoms with E-state index in [0.717, 1.165) is 48.3 Å². The molecule has 0 atom stereocenters. The van der Waals surface area contributed by atoms with Crippen LogP contribution in [0.5, 0.6) is 0 Å². The lowest BCUT2D eigenvalue weighted by Crippen LogP contribution is -2.32. The molecule has 0 spiro atoms. The summed E-state index contributed by atoms with van der Waals surface area (Å²) in [6.07, 6.45) is 5.89. The molecule has 1 saturated carbocycles. The third-order valence-electron chi connectivity index (χ3n) is 4.98. The van der Waals surface area contributed by atoms with Crippen LogP contribution in [0.25, 0.3) is 0 Å². The number of carbonyl (C=O) groups is 1. The van der Waals surface area contributed by atoms with Gasteiger partial charge in [-0.3, -0.25) is 4.79 Å². The number of guanidine groups is 1. The zero-order chi connectivity index (χ0) is 18.2. The number of amides is 1. The fraction of sp³-hybridized carbons (Fsp3) is 0.611. The maximum atomic E-state index is 12.7. The summed E-state index contributed by atoms with van der Waals surface area (Å²) in [5, 5.41) is 11.1. The van der Waals surface area contributed by atoms with Gasteiger partial charge in [0.2, 0.25) is 5.96 Å². The van der Waals surface area contributed by atoms with E-state index in [0.29, 0.717) is 5.76 Å². The molecule has 1 aromatic rings. The topological polar surface area (TPSA) is 119 Å². The summed E-state index contributed by atoms with van der Waals surface area (Å²) in [5.41, 5.74) is 13.2. The Labute approximate surface area is 147 Å². The number of nitrogens with one attached hydrogen (secondary N) is 1. The molecule has 5 N–H and O–H groups in total. The molecule has 2 aliphatic carbocycles. The largest absolute Gasteiger partial charge is 0.455 e. The molecular weight excluding hydrogens is 318 g/mol. The molecule has 0 bridgehead atoms. The monoisotopic (exact) mass is 345 g/mol. The summed E-state index contributed by atoms with van der Waals surface area (Å²) < 4.78 is 5.98. The van der Waals surface area contributed by atoms with Gasteiger partial charge < -0.3 is 21.2 Å². The molecule has 0 aliphatic heterocycles. The molecular formula is C18H27N5O2. The Bertz CT molecular complexity index is 735. The van der Waals surface area contributed by atoms with Crippen LogP contribution in [-0.4, -0.2) is 23.6 Å². The van der Waals surface area contributed by atoms with Gasteiger partial charge in [0.05, 0.1) is 5.71 Å². The number of rotatable bonds is 3. The van der Waals surface area contributed by atoms with Crippen molar-refractivity contribution in [2.24, 2.45) is 27.1 Å². The summed E-state index contributed by atoms with van der Waals surface area (Å²) in [7, 11) is 0. The Morgan fingerprint density at radius 3 is 2.56 bits per heavy atom. The third kappa shape index (κ3) is 3.70. The van der Waals surface area contributed by atoms with Gasteiger partial charge in [-0.1, -0.05) is 26.7 Å². The Morgan fingerprint density at radius 1 is 1.24 bits per heavy atom. The van der Waals surface area contributed by atoms with Crippen LogP contribution < -0.4 is 16.8 Å². The first-order valence-corrected chi connectivity index (χ1v) is 8.86. The van der Waals surface area contributed by atoms with Crippen molar-refractivity contribution in [3.63, 3.8) is 0 Å².